The fraction of sp³-hybridized carbons (Fsp3) is 0.235. The summed E-state index contributed by atoms with van der Waals surface area (Å²) in [6.45, 7) is 4.75. The molecular formula is C17H16O2. The highest BCUT2D eigenvalue weighted by atomic mass is 16.5. The minimum absolute atomic E-state index is 0.0847. The summed E-state index contributed by atoms with van der Waals surface area (Å²) in [5.74, 6) is 0.999. The summed E-state index contributed by atoms with van der Waals surface area (Å²) in [7, 11) is 0. The van der Waals surface area contributed by atoms with E-state index >= 15 is 0 Å². The van der Waals surface area contributed by atoms with Crippen molar-refractivity contribution in [3.8, 4) is 5.75 Å². The van der Waals surface area contributed by atoms with Crippen molar-refractivity contribution in [3.05, 3.63) is 64.2 Å². The third-order valence-electron chi connectivity index (χ3n) is 3.44. The molecule has 1 aliphatic heterocycles. The van der Waals surface area contributed by atoms with Crippen LogP contribution in [-0.2, 0) is 6.42 Å². The first-order valence-corrected chi connectivity index (χ1v) is 6.52. The van der Waals surface area contributed by atoms with Crippen LogP contribution in [0.1, 0.15) is 32.6 Å². The minimum atomic E-state index is 0.0847. The van der Waals surface area contributed by atoms with Crippen LogP contribution in [0.25, 0.3) is 0 Å². The van der Waals surface area contributed by atoms with Gasteiger partial charge in [0.25, 0.3) is 0 Å². The van der Waals surface area contributed by atoms with Gasteiger partial charge in [-0.15, -0.1) is 0 Å². The Hall–Kier alpha value is -2.09. The Morgan fingerprint density at radius 2 is 1.74 bits per heavy atom. The number of aryl methyl sites for hydroxylation is 2. The third-order valence-corrected chi connectivity index (χ3v) is 3.44. The molecule has 0 unspecified atom stereocenters. The number of benzene rings is 2. The van der Waals surface area contributed by atoms with E-state index in [9.17, 15) is 4.79 Å². The lowest BCUT2D eigenvalue weighted by atomic mass is 9.98. The van der Waals surface area contributed by atoms with E-state index in [1.165, 1.54) is 0 Å². The predicted octanol–water partition coefficient (Wildman–Crippen LogP) is 3.47. The van der Waals surface area contributed by atoms with Crippen LogP contribution >= 0.6 is 0 Å². The first-order valence-electron chi connectivity index (χ1n) is 6.52. The van der Waals surface area contributed by atoms with Gasteiger partial charge in [0.15, 0.2) is 5.78 Å². The zero-order chi connectivity index (χ0) is 13.4. The average molecular weight is 252 g/mol. The van der Waals surface area contributed by atoms with Gasteiger partial charge in [0.2, 0.25) is 0 Å². The molecule has 1 heterocycles. The maximum atomic E-state index is 12.5. The topological polar surface area (TPSA) is 26.3 Å². The van der Waals surface area contributed by atoms with Gasteiger partial charge in [0, 0.05) is 17.5 Å². The van der Waals surface area contributed by atoms with Crippen LogP contribution in [0.15, 0.2) is 36.4 Å². The van der Waals surface area contributed by atoms with Crippen molar-refractivity contribution in [2.24, 2.45) is 0 Å². The van der Waals surface area contributed by atoms with E-state index in [-0.39, 0.29) is 5.78 Å². The maximum Gasteiger partial charge on any atom is 0.193 e. The first kappa shape index (κ1) is 12.0. The van der Waals surface area contributed by atoms with Crippen LogP contribution in [0, 0.1) is 13.8 Å². The molecule has 0 aromatic heterocycles. The largest absolute Gasteiger partial charge is 0.493 e. The summed E-state index contributed by atoms with van der Waals surface area (Å²) in [6.07, 6.45) is 0.892. The van der Waals surface area contributed by atoms with Crippen molar-refractivity contribution in [2.75, 3.05) is 6.61 Å². The van der Waals surface area contributed by atoms with Crippen LogP contribution in [0.5, 0.6) is 5.75 Å². The summed E-state index contributed by atoms with van der Waals surface area (Å²) >= 11 is 0. The molecule has 2 heteroatoms. The second kappa shape index (κ2) is 4.54. The molecule has 0 spiro atoms. The van der Waals surface area contributed by atoms with Crippen LogP contribution in [0.4, 0.5) is 0 Å². The molecule has 0 N–H and O–H groups in total. The Morgan fingerprint density at radius 3 is 2.47 bits per heavy atom. The van der Waals surface area contributed by atoms with Gasteiger partial charge in [0.1, 0.15) is 5.75 Å². The standard InChI is InChI=1S/C17H16O2/c1-11-7-12(2)9-15(8-11)17(18)14-3-4-16-13(10-14)5-6-19-16/h3-4,7-10H,5-6H2,1-2H3. The average Bonchev–Trinajstić information content (AvgIpc) is 2.83. The highest BCUT2D eigenvalue weighted by Crippen LogP contribution is 2.27. The summed E-state index contributed by atoms with van der Waals surface area (Å²) < 4.78 is 5.47. The lowest BCUT2D eigenvalue weighted by molar-refractivity contribution is 0.103. The van der Waals surface area contributed by atoms with Crippen molar-refractivity contribution < 1.29 is 9.53 Å². The number of hydrogen-bond acceptors (Lipinski definition) is 2. The number of carbonyl (C=O) groups excluding carboxylic acids is 1. The van der Waals surface area contributed by atoms with Gasteiger partial charge in [-0.3, -0.25) is 4.79 Å². The number of rotatable bonds is 2. The number of ketones is 1. The number of fused-ring (bicyclic) bond motifs is 1. The summed E-state index contributed by atoms with van der Waals surface area (Å²) in [5.41, 5.74) is 4.88. The zero-order valence-electron chi connectivity index (χ0n) is 11.2. The van der Waals surface area contributed by atoms with Crippen LogP contribution < -0.4 is 4.74 Å². The molecule has 2 aromatic carbocycles. The van der Waals surface area contributed by atoms with E-state index in [1.807, 2.05) is 44.2 Å². The number of carbonyl (C=O) groups is 1. The lowest BCUT2D eigenvalue weighted by Gasteiger charge is -2.06. The van der Waals surface area contributed by atoms with Gasteiger partial charge in [-0.1, -0.05) is 17.2 Å². The van der Waals surface area contributed by atoms with E-state index in [2.05, 4.69) is 6.07 Å². The molecule has 0 saturated heterocycles. The van der Waals surface area contributed by atoms with Gasteiger partial charge >= 0.3 is 0 Å². The van der Waals surface area contributed by atoms with Gasteiger partial charge in [-0.25, -0.2) is 0 Å². The van der Waals surface area contributed by atoms with Crippen LogP contribution in [0.2, 0.25) is 0 Å². The minimum Gasteiger partial charge on any atom is -0.493 e. The Morgan fingerprint density at radius 1 is 1.00 bits per heavy atom. The fourth-order valence-electron chi connectivity index (χ4n) is 2.60. The SMILES string of the molecule is Cc1cc(C)cc(C(=O)c2ccc3c(c2)CCO3)c1. The number of ether oxygens (including phenoxy) is 1. The van der Waals surface area contributed by atoms with Crippen molar-refractivity contribution >= 4 is 5.78 Å². The molecule has 96 valence electrons. The molecule has 1 aliphatic rings. The smallest absolute Gasteiger partial charge is 0.193 e. The second-order valence-electron chi connectivity index (χ2n) is 5.13. The van der Waals surface area contributed by atoms with Crippen LogP contribution in [-0.4, -0.2) is 12.4 Å². The molecule has 0 amide bonds. The predicted molar refractivity (Wildman–Crippen MR) is 75.0 cm³/mol. The molecule has 19 heavy (non-hydrogen) atoms. The fourth-order valence-corrected chi connectivity index (χ4v) is 2.60. The van der Waals surface area contributed by atoms with Crippen molar-refractivity contribution in [1.29, 1.82) is 0 Å². The Bertz CT molecular complexity index is 636. The molecule has 2 nitrogen and oxygen atoms in total. The van der Waals surface area contributed by atoms with E-state index in [0.717, 1.165) is 46.6 Å². The Kier molecular flexibility index (Phi) is 2.86. The lowest BCUT2D eigenvalue weighted by Crippen LogP contribution is -2.02. The van der Waals surface area contributed by atoms with E-state index in [1.54, 1.807) is 0 Å². The molecular weight excluding hydrogens is 236 g/mol. The Labute approximate surface area is 113 Å². The van der Waals surface area contributed by atoms with Gasteiger partial charge < -0.3 is 4.74 Å². The summed E-state index contributed by atoms with van der Waals surface area (Å²) in [5, 5.41) is 0. The van der Waals surface area contributed by atoms with Gasteiger partial charge in [-0.05, 0) is 49.7 Å². The molecule has 0 saturated carbocycles. The molecule has 0 fully saturated rings. The molecule has 0 radical (unpaired) electrons. The highest BCUT2D eigenvalue weighted by molar-refractivity contribution is 6.09. The van der Waals surface area contributed by atoms with E-state index < -0.39 is 0 Å². The number of hydrogen-bond donors (Lipinski definition) is 0. The van der Waals surface area contributed by atoms with Crippen molar-refractivity contribution in [3.63, 3.8) is 0 Å². The van der Waals surface area contributed by atoms with Crippen LogP contribution in [0.3, 0.4) is 0 Å². The first-order chi connectivity index (χ1) is 9.13. The molecule has 0 aliphatic carbocycles. The maximum absolute atomic E-state index is 12.5. The monoisotopic (exact) mass is 252 g/mol. The Balaban J connectivity index is 1.99. The highest BCUT2D eigenvalue weighted by Gasteiger charge is 2.16. The van der Waals surface area contributed by atoms with Gasteiger partial charge in [0.05, 0.1) is 6.61 Å². The third kappa shape index (κ3) is 2.26. The quantitative estimate of drug-likeness (QED) is 0.765. The summed E-state index contributed by atoms with van der Waals surface area (Å²) in [4.78, 5) is 12.5. The second-order valence-corrected chi connectivity index (χ2v) is 5.13. The summed E-state index contributed by atoms with van der Waals surface area (Å²) in [6, 6.07) is 11.7. The zero-order valence-corrected chi connectivity index (χ0v) is 11.2. The normalized spacial score (nSPS) is 12.9. The molecule has 2 aromatic rings. The van der Waals surface area contributed by atoms with Gasteiger partial charge in [-0.2, -0.15) is 0 Å². The molecule has 0 atom stereocenters. The van der Waals surface area contributed by atoms with Crippen molar-refractivity contribution in [1.82, 2.24) is 0 Å². The van der Waals surface area contributed by atoms with Crippen molar-refractivity contribution in [2.45, 2.75) is 20.3 Å². The molecule has 0 bridgehead atoms. The van der Waals surface area contributed by atoms with E-state index in [4.69, 9.17) is 4.74 Å². The molecule has 3 rings (SSSR count). The van der Waals surface area contributed by atoms with E-state index in [0.29, 0.717) is 0 Å².